The van der Waals surface area contributed by atoms with E-state index in [1.807, 2.05) is 0 Å². The number of halogens is 1. The molecule has 0 heterocycles. The molecule has 0 atom stereocenters. The zero-order chi connectivity index (χ0) is 10.7. The molecule has 0 aliphatic heterocycles. The van der Waals surface area contributed by atoms with Crippen molar-refractivity contribution in [1.29, 1.82) is 0 Å². The van der Waals surface area contributed by atoms with Crippen molar-refractivity contribution in [1.82, 2.24) is 0 Å². The smallest absolute Gasteiger partial charge is 0.271 e. The zero-order valence-electron chi connectivity index (χ0n) is 6.86. The normalized spacial score (nSPS) is 9.50. The average molecular weight is 215 g/mol. The number of non-ortho nitro benzene ring substituents is 1. The molecule has 0 bridgehead atoms. The summed E-state index contributed by atoms with van der Waals surface area (Å²) in [6.07, 6.45) is 0. The highest BCUT2D eigenvalue weighted by Gasteiger charge is 2.10. The van der Waals surface area contributed by atoms with Gasteiger partial charge in [0, 0.05) is 12.1 Å². The van der Waals surface area contributed by atoms with E-state index in [4.69, 9.17) is 5.73 Å². The molecule has 0 saturated heterocycles. The second-order valence-electron chi connectivity index (χ2n) is 2.41. The third-order valence-corrected chi connectivity index (χ3v) is 1.52. The second kappa shape index (κ2) is 3.97. The van der Waals surface area contributed by atoms with Gasteiger partial charge in [0.05, 0.1) is 10.6 Å². The molecule has 5 nitrogen and oxygen atoms in total. The summed E-state index contributed by atoms with van der Waals surface area (Å²) >= 11 is 4.48. The van der Waals surface area contributed by atoms with Crippen molar-refractivity contribution in [3.63, 3.8) is 0 Å². The van der Waals surface area contributed by atoms with Crippen LogP contribution < -0.4 is 11.1 Å². The lowest BCUT2D eigenvalue weighted by Crippen LogP contribution is -2.19. The van der Waals surface area contributed by atoms with Crippen molar-refractivity contribution in [2.24, 2.45) is 5.73 Å². The largest absolute Gasteiger partial charge is 0.376 e. The molecular formula is C7H6FN3O2S. The number of anilines is 1. The third kappa shape index (κ3) is 2.36. The number of nitro groups is 1. The van der Waals surface area contributed by atoms with Gasteiger partial charge in [-0.2, -0.15) is 0 Å². The number of nitro benzene ring substituents is 1. The van der Waals surface area contributed by atoms with Crippen LogP contribution in [0.4, 0.5) is 15.8 Å². The Hall–Kier alpha value is -1.76. The van der Waals surface area contributed by atoms with E-state index >= 15 is 0 Å². The predicted octanol–water partition coefficient (Wildman–Crippen LogP) is 1.39. The standard InChI is InChI=1S/C7H6FN3O2S/c8-5-2-1-4(11(12)13)3-6(5)10-7(9)14/h1-3H,(H3,9,10,14). The molecule has 0 aliphatic rings. The minimum atomic E-state index is -0.650. The summed E-state index contributed by atoms with van der Waals surface area (Å²) in [5, 5.41) is 12.5. The van der Waals surface area contributed by atoms with E-state index in [2.05, 4.69) is 17.5 Å². The lowest BCUT2D eigenvalue weighted by Gasteiger charge is -2.04. The fourth-order valence-electron chi connectivity index (χ4n) is 0.855. The van der Waals surface area contributed by atoms with Crippen LogP contribution in [0.5, 0.6) is 0 Å². The van der Waals surface area contributed by atoms with Crippen LogP contribution >= 0.6 is 12.2 Å². The number of nitrogens with zero attached hydrogens (tertiary/aromatic N) is 1. The number of nitrogens with one attached hydrogen (secondary N) is 1. The molecule has 0 amide bonds. The van der Waals surface area contributed by atoms with Gasteiger partial charge >= 0.3 is 0 Å². The van der Waals surface area contributed by atoms with E-state index in [0.29, 0.717) is 0 Å². The van der Waals surface area contributed by atoms with Crippen molar-refractivity contribution in [3.8, 4) is 0 Å². The van der Waals surface area contributed by atoms with Gasteiger partial charge in [-0.05, 0) is 18.3 Å². The average Bonchev–Trinajstić information content (AvgIpc) is 2.07. The van der Waals surface area contributed by atoms with E-state index in [0.717, 1.165) is 18.2 Å². The van der Waals surface area contributed by atoms with E-state index < -0.39 is 10.7 Å². The Kier molecular flexibility index (Phi) is 2.92. The monoisotopic (exact) mass is 215 g/mol. The summed E-state index contributed by atoms with van der Waals surface area (Å²) < 4.78 is 13.0. The van der Waals surface area contributed by atoms with Crippen LogP contribution in [0, 0.1) is 15.9 Å². The highest BCUT2D eigenvalue weighted by atomic mass is 32.1. The lowest BCUT2D eigenvalue weighted by atomic mass is 10.2. The Morgan fingerprint density at radius 2 is 2.29 bits per heavy atom. The summed E-state index contributed by atoms with van der Waals surface area (Å²) in [4.78, 5) is 9.71. The first-order chi connectivity index (χ1) is 6.50. The molecule has 1 aromatic rings. The number of rotatable bonds is 2. The van der Waals surface area contributed by atoms with Gasteiger partial charge in [0.15, 0.2) is 5.11 Å². The number of nitrogens with two attached hydrogens (primary N) is 1. The number of hydrogen-bond acceptors (Lipinski definition) is 3. The highest BCUT2D eigenvalue weighted by molar-refractivity contribution is 7.80. The maximum absolute atomic E-state index is 13.0. The summed E-state index contributed by atoms with van der Waals surface area (Å²) in [5.41, 5.74) is 4.77. The summed E-state index contributed by atoms with van der Waals surface area (Å²) in [5.74, 6) is -0.650. The van der Waals surface area contributed by atoms with Crippen LogP contribution in [-0.4, -0.2) is 10.0 Å². The third-order valence-electron chi connectivity index (χ3n) is 1.42. The van der Waals surface area contributed by atoms with Gasteiger partial charge in [0.25, 0.3) is 5.69 Å². The fourth-order valence-corrected chi connectivity index (χ4v) is 0.965. The highest BCUT2D eigenvalue weighted by Crippen LogP contribution is 2.20. The van der Waals surface area contributed by atoms with Crippen molar-refractivity contribution >= 4 is 28.7 Å². The van der Waals surface area contributed by atoms with Gasteiger partial charge in [-0.3, -0.25) is 10.1 Å². The molecule has 0 aliphatic carbocycles. The Bertz CT molecular complexity index is 397. The predicted molar refractivity (Wildman–Crippen MR) is 53.5 cm³/mol. The summed E-state index contributed by atoms with van der Waals surface area (Å²) in [6, 6.07) is 3.05. The first-order valence-corrected chi connectivity index (χ1v) is 3.92. The molecule has 0 saturated carbocycles. The van der Waals surface area contributed by atoms with Crippen molar-refractivity contribution in [2.45, 2.75) is 0 Å². The molecule has 0 unspecified atom stereocenters. The van der Waals surface area contributed by atoms with E-state index in [-0.39, 0.29) is 16.5 Å². The Morgan fingerprint density at radius 3 is 2.79 bits per heavy atom. The van der Waals surface area contributed by atoms with E-state index in [9.17, 15) is 14.5 Å². The molecule has 14 heavy (non-hydrogen) atoms. The van der Waals surface area contributed by atoms with E-state index in [1.165, 1.54) is 0 Å². The van der Waals surface area contributed by atoms with Gasteiger partial charge in [0.2, 0.25) is 0 Å². The Labute approximate surface area is 83.9 Å². The lowest BCUT2D eigenvalue weighted by molar-refractivity contribution is -0.384. The molecule has 7 heteroatoms. The molecule has 0 fully saturated rings. The van der Waals surface area contributed by atoms with Gasteiger partial charge in [-0.15, -0.1) is 0 Å². The molecule has 3 N–H and O–H groups in total. The topological polar surface area (TPSA) is 81.2 Å². The van der Waals surface area contributed by atoms with Crippen LogP contribution in [0.1, 0.15) is 0 Å². The van der Waals surface area contributed by atoms with Crippen LogP contribution in [0.25, 0.3) is 0 Å². The maximum atomic E-state index is 13.0. The Morgan fingerprint density at radius 1 is 1.64 bits per heavy atom. The zero-order valence-corrected chi connectivity index (χ0v) is 7.68. The molecule has 1 rings (SSSR count). The maximum Gasteiger partial charge on any atom is 0.271 e. The molecule has 0 spiro atoms. The number of benzene rings is 1. The van der Waals surface area contributed by atoms with Crippen LogP contribution in [0.15, 0.2) is 18.2 Å². The molecule has 0 aromatic heterocycles. The van der Waals surface area contributed by atoms with Crippen LogP contribution in [0.2, 0.25) is 0 Å². The minimum absolute atomic E-state index is 0.105. The van der Waals surface area contributed by atoms with Gasteiger partial charge in [-0.25, -0.2) is 4.39 Å². The summed E-state index contributed by atoms with van der Waals surface area (Å²) in [7, 11) is 0. The quantitative estimate of drug-likeness (QED) is 0.442. The van der Waals surface area contributed by atoms with Gasteiger partial charge in [-0.1, -0.05) is 0 Å². The fraction of sp³-hybridized carbons (Fsp3) is 0. The van der Waals surface area contributed by atoms with Gasteiger partial charge < -0.3 is 11.1 Å². The van der Waals surface area contributed by atoms with Crippen molar-refractivity contribution in [3.05, 3.63) is 34.1 Å². The number of thiocarbonyl (C=S) groups is 1. The van der Waals surface area contributed by atoms with Crippen molar-refractivity contribution < 1.29 is 9.31 Å². The van der Waals surface area contributed by atoms with Crippen LogP contribution in [0.3, 0.4) is 0 Å². The molecular weight excluding hydrogens is 209 g/mol. The van der Waals surface area contributed by atoms with Crippen LogP contribution in [-0.2, 0) is 0 Å². The van der Waals surface area contributed by atoms with Crippen molar-refractivity contribution in [2.75, 3.05) is 5.32 Å². The molecule has 1 aromatic carbocycles. The van der Waals surface area contributed by atoms with Gasteiger partial charge in [0.1, 0.15) is 5.82 Å². The first kappa shape index (κ1) is 10.3. The Balaban J connectivity index is 3.08. The summed E-state index contributed by atoms with van der Waals surface area (Å²) in [6.45, 7) is 0. The number of hydrogen-bond donors (Lipinski definition) is 2. The first-order valence-electron chi connectivity index (χ1n) is 3.51. The second-order valence-corrected chi connectivity index (χ2v) is 2.85. The molecule has 74 valence electrons. The minimum Gasteiger partial charge on any atom is -0.376 e. The molecule has 0 radical (unpaired) electrons. The van der Waals surface area contributed by atoms with E-state index in [1.54, 1.807) is 0 Å². The SMILES string of the molecule is NC(=S)Nc1cc([N+](=O)[O-])ccc1F.